The first kappa shape index (κ1) is 17.7. The molecule has 2 aromatic carbocycles. The van der Waals surface area contributed by atoms with E-state index in [9.17, 15) is 9.90 Å². The maximum Gasteiger partial charge on any atom is 0.252 e. The van der Waals surface area contributed by atoms with Crippen molar-refractivity contribution in [3.63, 3.8) is 0 Å². The SMILES string of the molecule is CC(C)C[C@@H](CO)NC(=O)c1ccccc1Pc1ccccc1. The van der Waals surface area contributed by atoms with Crippen molar-refractivity contribution in [1.29, 1.82) is 0 Å². The van der Waals surface area contributed by atoms with E-state index < -0.39 is 0 Å². The molecule has 0 aliphatic heterocycles. The molecule has 2 rings (SSSR count). The lowest BCUT2D eigenvalue weighted by molar-refractivity contribution is 0.0909. The van der Waals surface area contributed by atoms with Crippen LogP contribution in [-0.2, 0) is 0 Å². The summed E-state index contributed by atoms with van der Waals surface area (Å²) in [5, 5.41) is 14.6. The number of amides is 1. The van der Waals surface area contributed by atoms with Crippen LogP contribution in [0.4, 0.5) is 0 Å². The number of nitrogens with one attached hydrogen (secondary N) is 1. The van der Waals surface area contributed by atoms with Crippen LogP contribution < -0.4 is 15.9 Å². The largest absolute Gasteiger partial charge is 0.394 e. The molecule has 0 heterocycles. The maximum absolute atomic E-state index is 12.6. The van der Waals surface area contributed by atoms with E-state index >= 15 is 0 Å². The highest BCUT2D eigenvalue weighted by atomic mass is 31.1. The summed E-state index contributed by atoms with van der Waals surface area (Å²) in [7, 11) is 0.438. The lowest BCUT2D eigenvalue weighted by atomic mass is 10.0. The molecule has 0 aliphatic carbocycles. The second-order valence-electron chi connectivity index (χ2n) is 6.02. The molecule has 2 aromatic rings. The van der Waals surface area contributed by atoms with Gasteiger partial charge in [-0.25, -0.2) is 0 Å². The molecule has 1 unspecified atom stereocenters. The molecular formula is C19H24NO2P. The first-order valence-electron chi connectivity index (χ1n) is 7.93. The monoisotopic (exact) mass is 329 g/mol. The molecule has 0 saturated carbocycles. The zero-order chi connectivity index (χ0) is 16.7. The Hall–Kier alpha value is -1.70. The van der Waals surface area contributed by atoms with Gasteiger partial charge in [-0.05, 0) is 29.0 Å². The Morgan fingerprint density at radius 3 is 2.39 bits per heavy atom. The molecule has 3 nitrogen and oxygen atoms in total. The molecule has 0 fully saturated rings. The predicted octanol–water partition coefficient (Wildman–Crippen LogP) is 2.45. The number of aliphatic hydroxyl groups is 1. The third-order valence-electron chi connectivity index (χ3n) is 3.54. The summed E-state index contributed by atoms with van der Waals surface area (Å²) in [6, 6.07) is 17.6. The Labute approximate surface area is 139 Å². The first-order chi connectivity index (χ1) is 11.1. The van der Waals surface area contributed by atoms with Crippen LogP contribution in [0.1, 0.15) is 30.6 Å². The molecule has 0 aromatic heterocycles. The summed E-state index contributed by atoms with van der Waals surface area (Å²) in [5.41, 5.74) is 0.692. The molecule has 2 N–H and O–H groups in total. The highest BCUT2D eigenvalue weighted by Crippen LogP contribution is 2.14. The van der Waals surface area contributed by atoms with Crippen LogP contribution in [0.3, 0.4) is 0 Å². The predicted molar refractivity (Wildman–Crippen MR) is 98.3 cm³/mol. The number of benzene rings is 2. The Bertz CT molecular complexity index is 628. The van der Waals surface area contributed by atoms with Gasteiger partial charge in [0.05, 0.1) is 12.6 Å². The molecule has 0 spiro atoms. The second-order valence-corrected chi connectivity index (χ2v) is 7.39. The van der Waals surface area contributed by atoms with Crippen molar-refractivity contribution >= 4 is 25.1 Å². The Kier molecular flexibility index (Phi) is 6.76. The normalized spacial score (nSPS) is 12.7. The van der Waals surface area contributed by atoms with Crippen molar-refractivity contribution in [1.82, 2.24) is 5.32 Å². The topological polar surface area (TPSA) is 49.3 Å². The summed E-state index contributed by atoms with van der Waals surface area (Å²) < 4.78 is 0. The van der Waals surface area contributed by atoms with E-state index in [0.717, 1.165) is 11.7 Å². The zero-order valence-corrected chi connectivity index (χ0v) is 14.6. The van der Waals surface area contributed by atoms with Gasteiger partial charge in [-0.3, -0.25) is 4.79 Å². The van der Waals surface area contributed by atoms with E-state index in [0.29, 0.717) is 20.1 Å². The van der Waals surface area contributed by atoms with Crippen LogP contribution >= 0.6 is 8.58 Å². The third-order valence-corrected chi connectivity index (χ3v) is 4.86. The number of aliphatic hydroxyl groups excluding tert-OH is 1. The van der Waals surface area contributed by atoms with Gasteiger partial charge in [0.25, 0.3) is 5.91 Å². The fraction of sp³-hybridized carbons (Fsp3) is 0.316. The van der Waals surface area contributed by atoms with Gasteiger partial charge in [0.15, 0.2) is 0 Å². The number of rotatable bonds is 7. The van der Waals surface area contributed by atoms with Crippen LogP contribution in [0.5, 0.6) is 0 Å². The fourth-order valence-electron chi connectivity index (χ4n) is 2.48. The molecule has 1 amide bonds. The zero-order valence-electron chi connectivity index (χ0n) is 13.6. The Morgan fingerprint density at radius 2 is 1.74 bits per heavy atom. The molecular weight excluding hydrogens is 305 g/mol. The van der Waals surface area contributed by atoms with E-state index in [2.05, 4.69) is 31.3 Å². The van der Waals surface area contributed by atoms with Gasteiger partial charge in [-0.15, -0.1) is 0 Å². The van der Waals surface area contributed by atoms with Crippen LogP contribution in [0.15, 0.2) is 54.6 Å². The number of carbonyl (C=O) groups is 1. The average Bonchev–Trinajstić information content (AvgIpc) is 2.55. The quantitative estimate of drug-likeness (QED) is 0.767. The van der Waals surface area contributed by atoms with Crippen molar-refractivity contribution in [2.24, 2.45) is 5.92 Å². The maximum atomic E-state index is 12.6. The van der Waals surface area contributed by atoms with E-state index in [4.69, 9.17) is 0 Å². The molecule has 2 atom stereocenters. The minimum atomic E-state index is -0.199. The number of carbonyl (C=O) groups excluding carboxylic acids is 1. The third kappa shape index (κ3) is 5.46. The standard InChI is InChI=1S/C19H24NO2P/c1-14(2)12-15(13-21)20-19(22)17-10-6-7-11-18(17)23-16-8-4-3-5-9-16/h3-11,14-15,21,23H,12-13H2,1-2H3,(H,20,22)/t15-/m0/s1. The number of hydrogen-bond donors (Lipinski definition) is 2. The minimum Gasteiger partial charge on any atom is -0.394 e. The van der Waals surface area contributed by atoms with Gasteiger partial charge in [-0.1, -0.05) is 71.0 Å². The minimum absolute atomic E-state index is 0.0347. The van der Waals surface area contributed by atoms with Gasteiger partial charge < -0.3 is 10.4 Å². The van der Waals surface area contributed by atoms with Crippen LogP contribution in [0, 0.1) is 5.92 Å². The van der Waals surface area contributed by atoms with Crippen LogP contribution in [0.2, 0.25) is 0 Å². The number of hydrogen-bond acceptors (Lipinski definition) is 2. The molecule has 0 bridgehead atoms. The van der Waals surface area contributed by atoms with Crippen molar-refractivity contribution in [3.8, 4) is 0 Å². The van der Waals surface area contributed by atoms with E-state index in [1.165, 1.54) is 5.30 Å². The Morgan fingerprint density at radius 1 is 1.09 bits per heavy atom. The Balaban J connectivity index is 2.14. The molecule has 0 aliphatic rings. The average molecular weight is 329 g/mol. The highest BCUT2D eigenvalue weighted by Gasteiger charge is 2.16. The lowest BCUT2D eigenvalue weighted by Gasteiger charge is -2.19. The van der Waals surface area contributed by atoms with Crippen molar-refractivity contribution in [2.45, 2.75) is 26.3 Å². The van der Waals surface area contributed by atoms with Gasteiger partial charge >= 0.3 is 0 Å². The van der Waals surface area contributed by atoms with E-state index in [-0.39, 0.29) is 18.6 Å². The smallest absolute Gasteiger partial charge is 0.252 e. The summed E-state index contributed by atoms with van der Waals surface area (Å²) in [4.78, 5) is 12.6. The molecule has 23 heavy (non-hydrogen) atoms. The highest BCUT2D eigenvalue weighted by molar-refractivity contribution is 7.55. The van der Waals surface area contributed by atoms with Crippen molar-refractivity contribution in [3.05, 3.63) is 60.2 Å². The van der Waals surface area contributed by atoms with Gasteiger partial charge in [-0.2, -0.15) is 0 Å². The van der Waals surface area contributed by atoms with Crippen molar-refractivity contribution < 1.29 is 9.90 Å². The molecule has 0 radical (unpaired) electrons. The molecule has 0 saturated heterocycles. The van der Waals surface area contributed by atoms with Crippen LogP contribution in [-0.4, -0.2) is 23.7 Å². The second kappa shape index (κ2) is 8.81. The van der Waals surface area contributed by atoms with Gasteiger partial charge in [0.2, 0.25) is 0 Å². The van der Waals surface area contributed by atoms with Gasteiger partial charge in [0, 0.05) is 5.56 Å². The summed E-state index contributed by atoms with van der Waals surface area (Å²) in [6.45, 7) is 4.13. The van der Waals surface area contributed by atoms with Gasteiger partial charge in [0.1, 0.15) is 0 Å². The van der Waals surface area contributed by atoms with E-state index in [1.54, 1.807) is 0 Å². The summed E-state index contributed by atoms with van der Waals surface area (Å²) in [6.07, 6.45) is 0.769. The first-order valence-corrected chi connectivity index (χ1v) is 8.93. The van der Waals surface area contributed by atoms with E-state index in [1.807, 2.05) is 42.5 Å². The molecule has 122 valence electrons. The van der Waals surface area contributed by atoms with Crippen molar-refractivity contribution in [2.75, 3.05) is 6.61 Å². The van der Waals surface area contributed by atoms with Crippen LogP contribution in [0.25, 0.3) is 0 Å². The summed E-state index contributed by atoms with van der Waals surface area (Å²) >= 11 is 0. The molecule has 4 heteroatoms. The lowest BCUT2D eigenvalue weighted by Crippen LogP contribution is -2.39. The fourth-order valence-corrected chi connectivity index (χ4v) is 3.66. The summed E-state index contributed by atoms with van der Waals surface area (Å²) in [5.74, 6) is 0.317.